The lowest BCUT2D eigenvalue weighted by Gasteiger charge is -2.36. The minimum atomic E-state index is -0.307. The fourth-order valence-electron chi connectivity index (χ4n) is 4.70. The third-order valence-electron chi connectivity index (χ3n) is 6.56. The quantitative estimate of drug-likeness (QED) is 0.694. The summed E-state index contributed by atoms with van der Waals surface area (Å²) in [6.45, 7) is 5.30. The van der Waals surface area contributed by atoms with Crippen LogP contribution in [0.2, 0.25) is 0 Å². The van der Waals surface area contributed by atoms with Gasteiger partial charge < -0.3 is 24.0 Å². The molecule has 2 aromatic carbocycles. The predicted molar refractivity (Wildman–Crippen MR) is 123 cm³/mol. The van der Waals surface area contributed by atoms with Crippen LogP contribution in [0.5, 0.6) is 17.2 Å². The molecule has 174 valence electrons. The van der Waals surface area contributed by atoms with Crippen LogP contribution in [-0.2, 0) is 16.1 Å². The minimum absolute atomic E-state index is 0.0248. The van der Waals surface area contributed by atoms with E-state index in [4.69, 9.17) is 14.2 Å². The SMILES string of the molecule is COc1ccc(CN2CCN(C(=O)[C@H]3CC(=O)N(c4ccc5c(c4)OCCO5)C3)CC2)cc1. The molecule has 2 aromatic rings. The number of amides is 2. The maximum absolute atomic E-state index is 13.2. The number of nitrogens with zero attached hydrogens (tertiary/aromatic N) is 3. The van der Waals surface area contributed by atoms with Crippen LogP contribution < -0.4 is 19.1 Å². The molecule has 33 heavy (non-hydrogen) atoms. The number of methoxy groups -OCH3 is 1. The van der Waals surface area contributed by atoms with Crippen molar-refractivity contribution in [1.29, 1.82) is 0 Å². The van der Waals surface area contributed by atoms with Gasteiger partial charge in [-0.05, 0) is 29.8 Å². The molecule has 0 spiro atoms. The van der Waals surface area contributed by atoms with Gasteiger partial charge in [-0.25, -0.2) is 0 Å². The number of hydrogen-bond donors (Lipinski definition) is 0. The topological polar surface area (TPSA) is 71.6 Å². The smallest absolute Gasteiger partial charge is 0.228 e. The molecule has 3 aliphatic rings. The summed E-state index contributed by atoms with van der Waals surface area (Å²) in [6.07, 6.45) is 0.249. The van der Waals surface area contributed by atoms with Crippen molar-refractivity contribution >= 4 is 17.5 Å². The molecule has 0 unspecified atom stereocenters. The first-order valence-electron chi connectivity index (χ1n) is 11.4. The molecule has 8 nitrogen and oxygen atoms in total. The van der Waals surface area contributed by atoms with E-state index < -0.39 is 0 Å². The first kappa shape index (κ1) is 21.6. The van der Waals surface area contributed by atoms with Crippen molar-refractivity contribution in [3.8, 4) is 17.2 Å². The summed E-state index contributed by atoms with van der Waals surface area (Å²) in [4.78, 5) is 31.8. The molecule has 8 heteroatoms. The monoisotopic (exact) mass is 451 g/mol. The molecule has 1 atom stereocenters. The van der Waals surface area contributed by atoms with Crippen molar-refractivity contribution in [2.45, 2.75) is 13.0 Å². The van der Waals surface area contributed by atoms with E-state index in [0.29, 0.717) is 44.3 Å². The Bertz CT molecular complexity index is 1020. The van der Waals surface area contributed by atoms with Crippen LogP contribution in [0, 0.1) is 5.92 Å². The van der Waals surface area contributed by atoms with Crippen LogP contribution in [-0.4, -0.2) is 74.7 Å². The molecular formula is C25H29N3O5. The number of hydrogen-bond acceptors (Lipinski definition) is 6. The second-order valence-corrected chi connectivity index (χ2v) is 8.68. The summed E-state index contributed by atoms with van der Waals surface area (Å²) in [5, 5.41) is 0. The maximum atomic E-state index is 13.2. The number of rotatable bonds is 5. The molecule has 3 heterocycles. The molecule has 0 saturated carbocycles. The van der Waals surface area contributed by atoms with Crippen LogP contribution in [0.1, 0.15) is 12.0 Å². The molecule has 0 aromatic heterocycles. The lowest BCUT2D eigenvalue weighted by molar-refractivity contribution is -0.137. The predicted octanol–water partition coefficient (Wildman–Crippen LogP) is 2.16. The molecular weight excluding hydrogens is 422 g/mol. The highest BCUT2D eigenvalue weighted by atomic mass is 16.6. The average Bonchev–Trinajstić information content (AvgIpc) is 3.26. The summed E-state index contributed by atoms with van der Waals surface area (Å²) in [7, 11) is 1.67. The largest absolute Gasteiger partial charge is 0.497 e. The van der Waals surface area contributed by atoms with Gasteiger partial charge in [-0.2, -0.15) is 0 Å². The van der Waals surface area contributed by atoms with Crippen LogP contribution in [0.4, 0.5) is 5.69 Å². The van der Waals surface area contributed by atoms with Crippen molar-refractivity contribution in [3.63, 3.8) is 0 Å². The second kappa shape index (κ2) is 9.31. The molecule has 2 saturated heterocycles. The molecule has 0 bridgehead atoms. The Morgan fingerprint density at radius 2 is 1.73 bits per heavy atom. The second-order valence-electron chi connectivity index (χ2n) is 8.68. The van der Waals surface area contributed by atoms with Gasteiger partial charge >= 0.3 is 0 Å². The highest BCUT2D eigenvalue weighted by Gasteiger charge is 2.38. The number of carbonyl (C=O) groups excluding carboxylic acids is 2. The Morgan fingerprint density at radius 3 is 2.45 bits per heavy atom. The molecule has 0 aliphatic carbocycles. The van der Waals surface area contributed by atoms with Crippen LogP contribution in [0.3, 0.4) is 0 Å². The zero-order valence-electron chi connectivity index (χ0n) is 18.9. The van der Waals surface area contributed by atoms with Gasteiger partial charge in [-0.1, -0.05) is 12.1 Å². The number of carbonyl (C=O) groups is 2. The Hall–Kier alpha value is -3.26. The number of fused-ring (bicyclic) bond motifs is 1. The number of anilines is 1. The van der Waals surface area contributed by atoms with Crippen molar-refractivity contribution in [3.05, 3.63) is 48.0 Å². The van der Waals surface area contributed by atoms with Crippen molar-refractivity contribution in [2.75, 3.05) is 57.9 Å². The number of benzene rings is 2. The highest BCUT2D eigenvalue weighted by molar-refractivity contribution is 6.00. The van der Waals surface area contributed by atoms with Gasteiger partial charge in [0.1, 0.15) is 19.0 Å². The van der Waals surface area contributed by atoms with Gasteiger partial charge in [0.25, 0.3) is 0 Å². The lowest BCUT2D eigenvalue weighted by atomic mass is 10.1. The van der Waals surface area contributed by atoms with E-state index in [2.05, 4.69) is 17.0 Å². The number of ether oxygens (including phenoxy) is 3. The van der Waals surface area contributed by atoms with Gasteiger partial charge in [0, 0.05) is 57.4 Å². The zero-order valence-corrected chi connectivity index (χ0v) is 18.9. The van der Waals surface area contributed by atoms with E-state index in [9.17, 15) is 9.59 Å². The van der Waals surface area contributed by atoms with Gasteiger partial charge in [0.05, 0.1) is 13.0 Å². The molecule has 0 radical (unpaired) electrons. The van der Waals surface area contributed by atoms with Gasteiger partial charge in [0.15, 0.2) is 11.5 Å². The van der Waals surface area contributed by atoms with Gasteiger partial charge in [-0.15, -0.1) is 0 Å². The first-order chi connectivity index (χ1) is 16.1. The van der Waals surface area contributed by atoms with E-state index in [1.165, 1.54) is 5.56 Å². The Kier molecular flexibility index (Phi) is 6.09. The third-order valence-corrected chi connectivity index (χ3v) is 6.56. The maximum Gasteiger partial charge on any atom is 0.228 e. The summed E-state index contributed by atoms with van der Waals surface area (Å²) in [5.74, 6) is 1.94. The van der Waals surface area contributed by atoms with Crippen LogP contribution in [0.25, 0.3) is 0 Å². The average molecular weight is 452 g/mol. The Labute approximate surface area is 193 Å². The van der Waals surface area contributed by atoms with E-state index in [1.54, 1.807) is 12.0 Å². The summed E-state index contributed by atoms with van der Waals surface area (Å²) in [6, 6.07) is 13.6. The Morgan fingerprint density at radius 1 is 1.00 bits per heavy atom. The molecule has 2 fully saturated rings. The first-order valence-corrected chi connectivity index (χ1v) is 11.4. The van der Waals surface area contributed by atoms with Crippen LogP contribution >= 0.6 is 0 Å². The molecule has 3 aliphatic heterocycles. The standard InChI is InChI=1S/C25H29N3O5/c1-31-21-5-2-18(3-6-21)16-26-8-10-27(11-9-26)25(30)19-14-24(29)28(17-19)20-4-7-22-23(15-20)33-13-12-32-22/h2-7,15,19H,8-14,16-17H2,1H3/t19-/m0/s1. The molecule has 5 rings (SSSR count). The van der Waals surface area contributed by atoms with Gasteiger partial charge in [-0.3, -0.25) is 14.5 Å². The highest BCUT2D eigenvalue weighted by Crippen LogP contribution is 2.36. The fourth-order valence-corrected chi connectivity index (χ4v) is 4.70. The molecule has 0 N–H and O–H groups in total. The minimum Gasteiger partial charge on any atom is -0.497 e. The summed E-state index contributed by atoms with van der Waals surface area (Å²) >= 11 is 0. The third kappa shape index (κ3) is 4.61. The lowest BCUT2D eigenvalue weighted by Crippen LogP contribution is -2.50. The Balaban J connectivity index is 1.16. The number of piperazine rings is 1. The van der Waals surface area contributed by atoms with Crippen molar-refractivity contribution in [1.82, 2.24) is 9.80 Å². The zero-order chi connectivity index (χ0) is 22.8. The fraction of sp³-hybridized carbons (Fsp3) is 0.440. The van der Waals surface area contributed by atoms with E-state index in [1.807, 2.05) is 35.2 Å². The van der Waals surface area contributed by atoms with E-state index >= 15 is 0 Å². The normalized spacial score (nSPS) is 20.8. The van der Waals surface area contributed by atoms with Crippen molar-refractivity contribution < 1.29 is 23.8 Å². The van der Waals surface area contributed by atoms with Crippen molar-refractivity contribution in [2.24, 2.45) is 5.92 Å². The summed E-state index contributed by atoms with van der Waals surface area (Å²) < 4.78 is 16.4. The molecule has 2 amide bonds. The van der Waals surface area contributed by atoms with E-state index in [0.717, 1.165) is 31.1 Å². The van der Waals surface area contributed by atoms with E-state index in [-0.39, 0.29) is 24.2 Å². The van der Waals surface area contributed by atoms with Crippen LogP contribution in [0.15, 0.2) is 42.5 Å². The summed E-state index contributed by atoms with van der Waals surface area (Å²) in [5.41, 5.74) is 1.98. The van der Waals surface area contributed by atoms with Gasteiger partial charge in [0.2, 0.25) is 11.8 Å².